The summed E-state index contributed by atoms with van der Waals surface area (Å²) in [6.07, 6.45) is 3.72. The maximum absolute atomic E-state index is 12.0. The van der Waals surface area contributed by atoms with Gasteiger partial charge in [0.15, 0.2) is 0 Å². The fourth-order valence-corrected chi connectivity index (χ4v) is 2.70. The molecule has 2 aromatic heterocycles. The van der Waals surface area contributed by atoms with E-state index in [1.165, 1.54) is 11.5 Å². The van der Waals surface area contributed by atoms with Crippen LogP contribution < -0.4 is 10.2 Å². The van der Waals surface area contributed by atoms with Crippen LogP contribution >= 0.6 is 11.5 Å². The van der Waals surface area contributed by atoms with Gasteiger partial charge in [0.05, 0.1) is 17.9 Å². The Bertz CT molecular complexity index is 636. The summed E-state index contributed by atoms with van der Waals surface area (Å²) < 4.78 is 5.62. The van der Waals surface area contributed by atoms with Crippen molar-refractivity contribution in [2.24, 2.45) is 7.05 Å². The van der Waals surface area contributed by atoms with Crippen LogP contribution in [0, 0.1) is 0 Å². The standard InChI is InChI=1S/C12H13N5O2S/c1-16-7-9(5-13-16)17-6-8(4-11(17)18)14-12(19)10-2-3-20-15-10/h2-3,5,7-8H,4,6H2,1H3,(H,14,19). The minimum Gasteiger partial charge on any atom is -0.346 e. The third-order valence-electron chi connectivity index (χ3n) is 3.13. The number of rotatable bonds is 3. The fraction of sp³-hybridized carbons (Fsp3) is 0.333. The lowest BCUT2D eigenvalue weighted by atomic mass is 10.2. The van der Waals surface area contributed by atoms with Crippen molar-refractivity contribution in [2.75, 3.05) is 11.4 Å². The van der Waals surface area contributed by atoms with Gasteiger partial charge in [0, 0.05) is 31.6 Å². The normalized spacial score (nSPS) is 18.6. The summed E-state index contributed by atoms with van der Waals surface area (Å²) in [5.74, 6) is -0.251. The molecule has 0 aromatic carbocycles. The number of nitrogens with zero attached hydrogens (tertiary/aromatic N) is 4. The molecule has 0 bridgehead atoms. The Kier molecular flexibility index (Phi) is 3.23. The highest BCUT2D eigenvalue weighted by Gasteiger charge is 2.32. The molecular weight excluding hydrogens is 278 g/mol. The lowest BCUT2D eigenvalue weighted by Gasteiger charge is -2.14. The molecule has 20 heavy (non-hydrogen) atoms. The number of carbonyl (C=O) groups is 2. The molecule has 0 spiro atoms. The van der Waals surface area contributed by atoms with Gasteiger partial charge in [-0.15, -0.1) is 0 Å². The molecule has 7 nitrogen and oxygen atoms in total. The van der Waals surface area contributed by atoms with Crippen molar-refractivity contribution in [3.63, 3.8) is 0 Å². The van der Waals surface area contributed by atoms with Crippen LogP contribution in [0.5, 0.6) is 0 Å². The number of amides is 2. The smallest absolute Gasteiger partial charge is 0.271 e. The average molecular weight is 291 g/mol. The monoisotopic (exact) mass is 291 g/mol. The van der Waals surface area contributed by atoms with E-state index in [4.69, 9.17) is 0 Å². The first-order valence-corrected chi connectivity index (χ1v) is 6.97. The molecule has 1 aliphatic heterocycles. The summed E-state index contributed by atoms with van der Waals surface area (Å²) in [6, 6.07) is 1.47. The molecule has 1 aliphatic rings. The number of nitrogens with one attached hydrogen (secondary N) is 1. The van der Waals surface area contributed by atoms with Crippen LogP contribution in [0.1, 0.15) is 16.9 Å². The van der Waals surface area contributed by atoms with Crippen molar-refractivity contribution in [1.82, 2.24) is 19.5 Å². The quantitative estimate of drug-likeness (QED) is 0.888. The number of aromatic nitrogens is 3. The van der Waals surface area contributed by atoms with Crippen molar-refractivity contribution in [3.05, 3.63) is 29.5 Å². The van der Waals surface area contributed by atoms with E-state index in [1.54, 1.807) is 40.5 Å². The van der Waals surface area contributed by atoms with Crippen LogP contribution in [-0.4, -0.2) is 38.6 Å². The second-order valence-electron chi connectivity index (χ2n) is 4.64. The van der Waals surface area contributed by atoms with Gasteiger partial charge in [-0.1, -0.05) is 0 Å². The van der Waals surface area contributed by atoms with Gasteiger partial charge in [-0.25, -0.2) is 0 Å². The zero-order valence-corrected chi connectivity index (χ0v) is 11.6. The summed E-state index contributed by atoms with van der Waals surface area (Å²) in [6.45, 7) is 0.459. The highest BCUT2D eigenvalue weighted by atomic mass is 32.1. The molecule has 0 aliphatic carbocycles. The van der Waals surface area contributed by atoms with E-state index in [-0.39, 0.29) is 17.9 Å². The first-order chi connectivity index (χ1) is 9.63. The SMILES string of the molecule is Cn1cc(N2CC(NC(=O)c3ccsn3)CC2=O)cn1. The van der Waals surface area contributed by atoms with Crippen LogP contribution in [0.15, 0.2) is 23.8 Å². The van der Waals surface area contributed by atoms with Gasteiger partial charge in [0.1, 0.15) is 5.69 Å². The maximum atomic E-state index is 12.0. The van der Waals surface area contributed by atoms with Crippen LogP contribution in [0.2, 0.25) is 0 Å². The van der Waals surface area contributed by atoms with Gasteiger partial charge in [0.2, 0.25) is 5.91 Å². The van der Waals surface area contributed by atoms with Crippen LogP contribution in [0.4, 0.5) is 5.69 Å². The lowest BCUT2D eigenvalue weighted by Crippen LogP contribution is -2.37. The molecule has 2 amide bonds. The second kappa shape index (κ2) is 5.04. The Morgan fingerprint density at radius 2 is 2.40 bits per heavy atom. The molecule has 1 atom stereocenters. The fourth-order valence-electron chi connectivity index (χ4n) is 2.19. The summed E-state index contributed by atoms with van der Waals surface area (Å²) in [4.78, 5) is 25.5. The van der Waals surface area contributed by atoms with E-state index in [0.717, 1.165) is 5.69 Å². The number of carbonyl (C=O) groups excluding carboxylic acids is 2. The Morgan fingerprint density at radius 3 is 3.05 bits per heavy atom. The predicted molar refractivity (Wildman–Crippen MR) is 73.5 cm³/mol. The van der Waals surface area contributed by atoms with Crippen LogP contribution in [-0.2, 0) is 11.8 Å². The molecule has 1 saturated heterocycles. The number of anilines is 1. The van der Waals surface area contributed by atoms with E-state index in [9.17, 15) is 9.59 Å². The number of hydrogen-bond acceptors (Lipinski definition) is 5. The lowest BCUT2D eigenvalue weighted by molar-refractivity contribution is -0.117. The predicted octanol–water partition coefficient (Wildman–Crippen LogP) is 0.412. The van der Waals surface area contributed by atoms with Crippen LogP contribution in [0.3, 0.4) is 0 Å². The molecule has 104 valence electrons. The summed E-state index contributed by atoms with van der Waals surface area (Å²) >= 11 is 1.23. The van der Waals surface area contributed by atoms with Crippen molar-refractivity contribution in [2.45, 2.75) is 12.5 Å². The number of hydrogen-bond donors (Lipinski definition) is 1. The third kappa shape index (κ3) is 2.42. The van der Waals surface area contributed by atoms with Crippen molar-refractivity contribution in [1.29, 1.82) is 0 Å². The Labute approximate surface area is 119 Å². The van der Waals surface area contributed by atoms with Gasteiger partial charge in [-0.05, 0) is 17.6 Å². The Morgan fingerprint density at radius 1 is 1.55 bits per heavy atom. The first-order valence-electron chi connectivity index (χ1n) is 6.14. The van der Waals surface area contributed by atoms with Gasteiger partial charge in [-0.3, -0.25) is 14.3 Å². The van der Waals surface area contributed by atoms with Gasteiger partial charge >= 0.3 is 0 Å². The van der Waals surface area contributed by atoms with E-state index >= 15 is 0 Å². The molecule has 1 unspecified atom stereocenters. The summed E-state index contributed by atoms with van der Waals surface area (Å²) in [7, 11) is 1.80. The summed E-state index contributed by atoms with van der Waals surface area (Å²) in [5, 5.41) is 8.63. The van der Waals surface area contributed by atoms with Crippen molar-refractivity contribution < 1.29 is 9.59 Å². The van der Waals surface area contributed by atoms with E-state index in [2.05, 4.69) is 14.8 Å². The molecule has 1 N–H and O–H groups in total. The van der Waals surface area contributed by atoms with Crippen molar-refractivity contribution >= 4 is 29.0 Å². The number of aryl methyl sites for hydroxylation is 1. The third-order valence-corrected chi connectivity index (χ3v) is 3.69. The zero-order valence-electron chi connectivity index (χ0n) is 10.8. The molecular formula is C12H13N5O2S. The topological polar surface area (TPSA) is 80.1 Å². The molecule has 1 fully saturated rings. The largest absolute Gasteiger partial charge is 0.346 e. The molecule has 3 heterocycles. The Balaban J connectivity index is 1.66. The van der Waals surface area contributed by atoms with Crippen molar-refractivity contribution in [3.8, 4) is 0 Å². The minimum absolute atomic E-state index is 0.0124. The maximum Gasteiger partial charge on any atom is 0.271 e. The highest BCUT2D eigenvalue weighted by molar-refractivity contribution is 7.03. The van der Waals surface area contributed by atoms with Gasteiger partial charge in [-0.2, -0.15) is 9.47 Å². The molecule has 0 radical (unpaired) electrons. The van der Waals surface area contributed by atoms with E-state index in [0.29, 0.717) is 18.7 Å². The summed E-state index contributed by atoms with van der Waals surface area (Å²) in [5.41, 5.74) is 1.14. The molecule has 0 saturated carbocycles. The molecule has 3 rings (SSSR count). The highest BCUT2D eigenvalue weighted by Crippen LogP contribution is 2.20. The minimum atomic E-state index is -0.239. The average Bonchev–Trinajstić information content (AvgIpc) is 3.10. The van der Waals surface area contributed by atoms with Crippen LogP contribution in [0.25, 0.3) is 0 Å². The van der Waals surface area contributed by atoms with E-state index < -0.39 is 0 Å². The zero-order chi connectivity index (χ0) is 14.1. The Hall–Kier alpha value is -2.22. The van der Waals surface area contributed by atoms with Gasteiger partial charge < -0.3 is 10.2 Å². The molecule has 2 aromatic rings. The molecule has 8 heteroatoms. The first kappa shape index (κ1) is 12.8. The van der Waals surface area contributed by atoms with Gasteiger partial charge in [0.25, 0.3) is 5.91 Å². The van der Waals surface area contributed by atoms with E-state index in [1.807, 2.05) is 0 Å². The second-order valence-corrected chi connectivity index (χ2v) is 5.30.